The van der Waals surface area contributed by atoms with E-state index in [4.69, 9.17) is 15.2 Å². The van der Waals surface area contributed by atoms with Gasteiger partial charge in [-0.1, -0.05) is 72.1 Å². The van der Waals surface area contributed by atoms with Crippen LogP contribution in [0.4, 0.5) is 8.78 Å². The Balaban J connectivity index is 0.000000287. The first-order chi connectivity index (χ1) is 17.0. The molecule has 0 aliphatic heterocycles. The van der Waals surface area contributed by atoms with Crippen LogP contribution in [0.5, 0.6) is 11.5 Å². The van der Waals surface area contributed by atoms with Gasteiger partial charge >= 0.3 is 7.12 Å². The Hall–Kier alpha value is -1.03. The summed E-state index contributed by atoms with van der Waals surface area (Å²) in [5.41, 5.74) is 0.896. The van der Waals surface area contributed by atoms with Gasteiger partial charge in [-0.25, -0.2) is 8.78 Å². The van der Waals surface area contributed by atoms with Crippen molar-refractivity contribution in [3.63, 3.8) is 0 Å². The summed E-state index contributed by atoms with van der Waals surface area (Å²) in [5, 5.41) is 36.4. The van der Waals surface area contributed by atoms with E-state index in [1.54, 1.807) is 42.5 Å². The molecule has 4 N–H and O–H groups in total. The molecular formula is C25H19BBr4F2IO4-. The van der Waals surface area contributed by atoms with E-state index in [-0.39, 0.29) is 36.0 Å². The van der Waals surface area contributed by atoms with E-state index in [9.17, 15) is 13.9 Å². The monoisotopic (exact) mass is 875 g/mol. The van der Waals surface area contributed by atoms with Crippen LogP contribution in [0.2, 0.25) is 0 Å². The van der Waals surface area contributed by atoms with Gasteiger partial charge in [-0.05, 0) is 87.1 Å². The molecule has 0 heterocycles. The summed E-state index contributed by atoms with van der Waals surface area (Å²) in [5.74, 6) is -0.642. The molecule has 4 aromatic rings. The number of benzene rings is 4. The van der Waals surface area contributed by atoms with E-state index in [1.165, 1.54) is 24.3 Å². The largest absolute Gasteiger partial charge is 0.508 e. The van der Waals surface area contributed by atoms with E-state index in [2.05, 4.69) is 63.7 Å². The van der Waals surface area contributed by atoms with Crippen LogP contribution in [-0.2, 0) is 0 Å². The van der Waals surface area contributed by atoms with Gasteiger partial charge in [0.15, 0.2) is 0 Å². The third-order valence-electron chi connectivity index (χ3n) is 4.40. The molecule has 0 aromatic heterocycles. The summed E-state index contributed by atoms with van der Waals surface area (Å²) < 4.78 is 29.5. The molecule has 0 spiro atoms. The SMILES string of the molecule is Fc1cccc(Br)c1I.OB(O)c1c(O)cccc1Br.Oc1cccc(Br)c1-c1c(F)cccc1Br.[CH3-]. The van der Waals surface area contributed by atoms with Crippen molar-refractivity contribution in [1.82, 2.24) is 0 Å². The van der Waals surface area contributed by atoms with Crippen LogP contribution < -0.4 is 5.46 Å². The Kier molecular flexibility index (Phi) is 14.9. The van der Waals surface area contributed by atoms with Crippen molar-refractivity contribution < 1.29 is 29.0 Å². The maximum atomic E-state index is 13.7. The predicted octanol–water partition coefficient (Wildman–Crippen LogP) is 8.20. The predicted molar refractivity (Wildman–Crippen MR) is 168 cm³/mol. The van der Waals surface area contributed by atoms with Crippen molar-refractivity contribution in [1.29, 1.82) is 0 Å². The number of halogens is 7. The zero-order valence-corrected chi connectivity index (χ0v) is 27.4. The lowest BCUT2D eigenvalue weighted by Crippen LogP contribution is -2.31. The molecular weight excluding hydrogens is 860 g/mol. The van der Waals surface area contributed by atoms with Gasteiger partial charge in [0, 0.05) is 34.5 Å². The molecule has 0 saturated carbocycles. The summed E-state index contributed by atoms with van der Waals surface area (Å²) in [7, 11) is -1.65. The minimum absolute atomic E-state index is 0. The second-order valence-corrected chi connectivity index (χ2v) is 11.3. The minimum atomic E-state index is -1.65. The van der Waals surface area contributed by atoms with Gasteiger partial charge in [0.1, 0.15) is 23.1 Å². The normalized spacial score (nSPS) is 9.76. The fourth-order valence-corrected chi connectivity index (χ4v) is 5.11. The molecule has 37 heavy (non-hydrogen) atoms. The molecule has 0 amide bonds. The first-order valence-electron chi connectivity index (χ1n) is 9.80. The Morgan fingerprint density at radius 1 is 0.595 bits per heavy atom. The highest BCUT2D eigenvalue weighted by molar-refractivity contribution is 14.1. The second-order valence-electron chi connectivity index (χ2n) is 6.81. The van der Waals surface area contributed by atoms with E-state index in [0.717, 1.165) is 4.47 Å². The van der Waals surface area contributed by atoms with Gasteiger partial charge in [-0.3, -0.25) is 0 Å². The third kappa shape index (κ3) is 9.59. The van der Waals surface area contributed by atoms with Crippen molar-refractivity contribution >= 4 is 98.9 Å². The summed E-state index contributed by atoms with van der Waals surface area (Å²) in [6, 6.07) is 19.2. The molecule has 4 rings (SSSR count). The number of rotatable bonds is 2. The first-order valence-corrected chi connectivity index (χ1v) is 14.1. The van der Waals surface area contributed by atoms with Crippen LogP contribution in [0.15, 0.2) is 90.7 Å². The van der Waals surface area contributed by atoms with E-state index in [1.807, 2.05) is 28.7 Å². The van der Waals surface area contributed by atoms with Crippen LogP contribution in [0, 0.1) is 22.6 Å². The van der Waals surface area contributed by atoms with Crippen LogP contribution >= 0.6 is 86.3 Å². The fourth-order valence-electron chi connectivity index (χ4n) is 2.76. The Morgan fingerprint density at radius 2 is 1.03 bits per heavy atom. The van der Waals surface area contributed by atoms with Gasteiger partial charge in [0.2, 0.25) is 0 Å². The van der Waals surface area contributed by atoms with Crippen molar-refractivity contribution in [3.8, 4) is 22.6 Å². The Bertz CT molecular complexity index is 1220. The van der Waals surface area contributed by atoms with Gasteiger partial charge in [-0.2, -0.15) is 0 Å². The number of phenols is 2. The first kappa shape index (κ1) is 34.0. The van der Waals surface area contributed by atoms with Crippen LogP contribution in [0.1, 0.15) is 0 Å². The number of aromatic hydroxyl groups is 2. The topological polar surface area (TPSA) is 80.9 Å². The third-order valence-corrected chi connectivity index (χ3v) is 8.91. The number of hydrogen-bond donors (Lipinski definition) is 4. The van der Waals surface area contributed by atoms with Crippen LogP contribution in [0.3, 0.4) is 0 Å². The Labute approximate surface area is 261 Å². The highest BCUT2D eigenvalue weighted by atomic mass is 127. The highest BCUT2D eigenvalue weighted by Gasteiger charge is 2.18. The molecule has 196 valence electrons. The maximum Gasteiger partial charge on any atom is 0.493 e. The average molecular weight is 879 g/mol. The number of phenolic OH excluding ortho intramolecular Hbond substituents is 2. The number of hydrogen-bond acceptors (Lipinski definition) is 4. The molecule has 0 fully saturated rings. The molecule has 0 aliphatic carbocycles. The molecule has 0 unspecified atom stereocenters. The summed E-state index contributed by atoms with van der Waals surface area (Å²) in [6.07, 6.45) is 0. The second kappa shape index (κ2) is 16.2. The smallest absolute Gasteiger partial charge is 0.493 e. The quantitative estimate of drug-likeness (QED) is 0.0710. The molecule has 4 nitrogen and oxygen atoms in total. The van der Waals surface area contributed by atoms with Gasteiger partial charge < -0.3 is 27.7 Å². The van der Waals surface area contributed by atoms with Crippen LogP contribution in [-0.4, -0.2) is 27.4 Å². The van der Waals surface area contributed by atoms with E-state index >= 15 is 0 Å². The van der Waals surface area contributed by atoms with E-state index in [0.29, 0.717) is 28.1 Å². The van der Waals surface area contributed by atoms with Crippen LogP contribution in [0.25, 0.3) is 11.1 Å². The molecule has 0 saturated heterocycles. The lowest BCUT2D eigenvalue weighted by atomic mass is 9.80. The summed E-state index contributed by atoms with van der Waals surface area (Å²) in [4.78, 5) is 0. The molecule has 0 radical (unpaired) electrons. The van der Waals surface area contributed by atoms with Crippen molar-refractivity contribution in [2.45, 2.75) is 0 Å². The molecule has 0 aliphatic rings. The van der Waals surface area contributed by atoms with Crippen molar-refractivity contribution in [2.75, 3.05) is 0 Å². The lowest BCUT2D eigenvalue weighted by molar-refractivity contribution is 0.419. The van der Waals surface area contributed by atoms with E-state index < -0.39 is 7.12 Å². The summed E-state index contributed by atoms with van der Waals surface area (Å²) >= 11 is 14.8. The zero-order valence-electron chi connectivity index (χ0n) is 18.9. The molecule has 4 aromatic carbocycles. The van der Waals surface area contributed by atoms with Gasteiger partial charge in [0.05, 0.1) is 3.57 Å². The van der Waals surface area contributed by atoms with Gasteiger partial charge in [-0.15, -0.1) is 0 Å². The zero-order chi connectivity index (χ0) is 27.0. The minimum Gasteiger partial charge on any atom is -0.508 e. The molecule has 0 bridgehead atoms. The van der Waals surface area contributed by atoms with Crippen molar-refractivity contribution in [3.05, 3.63) is 113 Å². The lowest BCUT2D eigenvalue weighted by Gasteiger charge is -2.10. The highest BCUT2D eigenvalue weighted by Crippen LogP contribution is 2.40. The fraction of sp³-hybridized carbons (Fsp3) is 0. The molecule has 12 heteroatoms. The summed E-state index contributed by atoms with van der Waals surface area (Å²) in [6.45, 7) is 0. The standard InChI is InChI=1S/C12H7Br2FO.C6H6BBrO3.C6H3BrFI.CH3/c13-7-3-1-5-9(15)11(7)12-8(14)4-2-6-10(12)16;8-4-2-1-3-5(9)6(4)7(10)11;7-4-2-1-3-5(8)6(4)9;/h1-6,16H;1-3,9-11H;1-3H;1H3/q;;;-1. The van der Waals surface area contributed by atoms with Gasteiger partial charge in [0.25, 0.3) is 0 Å². The molecule has 0 atom stereocenters. The van der Waals surface area contributed by atoms with Crippen molar-refractivity contribution in [2.24, 2.45) is 0 Å². The maximum absolute atomic E-state index is 13.7. The Morgan fingerprint density at radius 3 is 1.43 bits per heavy atom. The average Bonchev–Trinajstić information content (AvgIpc) is 2.80.